The van der Waals surface area contributed by atoms with Gasteiger partial charge < -0.3 is 9.64 Å². The highest BCUT2D eigenvalue weighted by Crippen LogP contribution is 2.39. The number of piperidine rings is 1. The number of ether oxygens (including phenoxy) is 1. The summed E-state index contributed by atoms with van der Waals surface area (Å²) in [4.78, 5) is 22.6. The second-order valence-electron chi connectivity index (χ2n) is 6.65. The van der Waals surface area contributed by atoms with Crippen LogP contribution >= 0.6 is 27.5 Å². The SMILES string of the molecule is CCCCOC(=O)N1CCC(C#N)(c2ncnc3cc(Br)c(Cl)cc23)CC1. The van der Waals surface area contributed by atoms with Gasteiger partial charge in [0.2, 0.25) is 0 Å². The number of rotatable bonds is 4. The maximum atomic E-state index is 12.2. The van der Waals surface area contributed by atoms with E-state index in [2.05, 4.69) is 32.0 Å². The van der Waals surface area contributed by atoms with Gasteiger partial charge in [-0.05, 0) is 47.3 Å². The summed E-state index contributed by atoms with van der Waals surface area (Å²) in [5, 5.41) is 11.3. The van der Waals surface area contributed by atoms with Crippen molar-refractivity contribution in [3.63, 3.8) is 0 Å². The quantitative estimate of drug-likeness (QED) is 0.621. The van der Waals surface area contributed by atoms with Gasteiger partial charge in [0.1, 0.15) is 11.7 Å². The molecule has 0 unspecified atom stereocenters. The van der Waals surface area contributed by atoms with Crippen LogP contribution in [0.1, 0.15) is 38.3 Å². The molecule has 6 nitrogen and oxygen atoms in total. The smallest absolute Gasteiger partial charge is 0.409 e. The van der Waals surface area contributed by atoms with Crippen molar-refractivity contribution in [1.29, 1.82) is 5.26 Å². The van der Waals surface area contributed by atoms with Crippen LogP contribution in [-0.2, 0) is 10.2 Å². The van der Waals surface area contributed by atoms with E-state index in [1.54, 1.807) is 11.0 Å². The van der Waals surface area contributed by atoms with Crippen molar-refractivity contribution in [2.45, 2.75) is 38.0 Å². The largest absolute Gasteiger partial charge is 0.449 e. The zero-order valence-corrected chi connectivity index (χ0v) is 17.4. The minimum Gasteiger partial charge on any atom is -0.449 e. The fraction of sp³-hybridized carbons (Fsp3) is 0.474. The lowest BCUT2D eigenvalue weighted by Gasteiger charge is -2.36. The Balaban J connectivity index is 1.84. The first-order valence-corrected chi connectivity index (χ1v) is 10.1. The van der Waals surface area contributed by atoms with Gasteiger partial charge in [-0.3, -0.25) is 0 Å². The molecule has 0 spiro atoms. The number of nitriles is 1. The van der Waals surface area contributed by atoms with Crippen LogP contribution < -0.4 is 0 Å². The molecular formula is C19H20BrClN4O2. The summed E-state index contributed by atoms with van der Waals surface area (Å²) in [6.45, 7) is 3.38. The molecule has 2 heterocycles. The number of hydrogen-bond donors (Lipinski definition) is 0. The van der Waals surface area contributed by atoms with E-state index in [-0.39, 0.29) is 6.09 Å². The molecule has 0 saturated carbocycles. The molecule has 0 radical (unpaired) electrons. The molecule has 27 heavy (non-hydrogen) atoms. The summed E-state index contributed by atoms with van der Waals surface area (Å²) in [6.07, 6.45) is 3.98. The third kappa shape index (κ3) is 4.02. The van der Waals surface area contributed by atoms with Crippen LogP contribution in [-0.4, -0.2) is 40.7 Å². The predicted molar refractivity (Wildman–Crippen MR) is 107 cm³/mol. The first-order valence-electron chi connectivity index (χ1n) is 8.94. The van der Waals surface area contributed by atoms with Crippen LogP contribution in [0.2, 0.25) is 5.02 Å². The minimum absolute atomic E-state index is 0.311. The van der Waals surface area contributed by atoms with Gasteiger partial charge in [-0.15, -0.1) is 0 Å². The van der Waals surface area contributed by atoms with E-state index in [9.17, 15) is 10.1 Å². The highest BCUT2D eigenvalue weighted by molar-refractivity contribution is 9.10. The maximum absolute atomic E-state index is 12.2. The molecule has 0 N–H and O–H groups in total. The van der Waals surface area contributed by atoms with Crippen molar-refractivity contribution in [1.82, 2.24) is 14.9 Å². The molecule has 142 valence electrons. The monoisotopic (exact) mass is 450 g/mol. The Morgan fingerprint density at radius 1 is 1.41 bits per heavy atom. The fourth-order valence-electron chi connectivity index (χ4n) is 3.30. The lowest BCUT2D eigenvalue weighted by atomic mass is 9.75. The molecule has 0 atom stereocenters. The fourth-order valence-corrected chi connectivity index (χ4v) is 3.80. The molecule has 1 saturated heterocycles. The Morgan fingerprint density at radius 2 is 2.15 bits per heavy atom. The van der Waals surface area contributed by atoms with Crippen molar-refractivity contribution >= 4 is 44.5 Å². The summed E-state index contributed by atoms with van der Waals surface area (Å²) in [6, 6.07) is 6.07. The first-order chi connectivity index (χ1) is 13.0. The topological polar surface area (TPSA) is 79.1 Å². The molecule has 3 rings (SSSR count). The van der Waals surface area contributed by atoms with Gasteiger partial charge in [-0.1, -0.05) is 24.9 Å². The number of benzene rings is 1. The van der Waals surface area contributed by atoms with Crippen LogP contribution in [0.4, 0.5) is 4.79 Å². The lowest BCUT2D eigenvalue weighted by molar-refractivity contribution is 0.0868. The second-order valence-corrected chi connectivity index (χ2v) is 7.92. The summed E-state index contributed by atoms with van der Waals surface area (Å²) in [5.74, 6) is 0. The van der Waals surface area contributed by atoms with Crippen LogP contribution in [0.5, 0.6) is 0 Å². The van der Waals surface area contributed by atoms with Crippen LogP contribution in [0, 0.1) is 11.3 Å². The van der Waals surface area contributed by atoms with E-state index < -0.39 is 5.41 Å². The van der Waals surface area contributed by atoms with Crippen molar-refractivity contribution in [3.8, 4) is 6.07 Å². The average Bonchev–Trinajstić information content (AvgIpc) is 2.68. The highest BCUT2D eigenvalue weighted by Gasteiger charge is 2.40. The van der Waals surface area contributed by atoms with Crippen LogP contribution in [0.3, 0.4) is 0 Å². The zero-order valence-electron chi connectivity index (χ0n) is 15.0. The molecule has 1 aromatic carbocycles. The number of hydrogen-bond acceptors (Lipinski definition) is 5. The normalized spacial score (nSPS) is 16.1. The predicted octanol–water partition coefficient (Wildman–Crippen LogP) is 4.84. The Labute approximate surface area is 171 Å². The van der Waals surface area contributed by atoms with E-state index in [1.807, 2.05) is 13.0 Å². The first kappa shape index (κ1) is 19.8. The molecule has 8 heteroatoms. The summed E-state index contributed by atoms with van der Waals surface area (Å²) in [7, 11) is 0. The Bertz CT molecular complexity index is 891. The van der Waals surface area contributed by atoms with Crippen molar-refractivity contribution in [3.05, 3.63) is 33.6 Å². The number of halogens is 2. The number of fused-ring (bicyclic) bond motifs is 1. The standard InChI is InChI=1S/C19H20BrClN4O2/c1-2-3-8-27-18(26)25-6-4-19(11-22,5-7-25)17-13-9-15(21)14(20)10-16(13)23-12-24-17/h9-10,12H,2-8H2,1H3. The lowest BCUT2D eigenvalue weighted by Crippen LogP contribution is -2.45. The van der Waals surface area contributed by atoms with E-state index in [0.717, 1.165) is 28.2 Å². The van der Waals surface area contributed by atoms with Gasteiger partial charge in [0.05, 0.1) is 28.9 Å². The second kappa shape index (κ2) is 8.41. The summed E-state index contributed by atoms with van der Waals surface area (Å²) >= 11 is 9.66. The van der Waals surface area contributed by atoms with Crippen molar-refractivity contribution in [2.75, 3.05) is 19.7 Å². The minimum atomic E-state index is -0.779. The maximum Gasteiger partial charge on any atom is 0.409 e. The summed E-state index contributed by atoms with van der Waals surface area (Å²) < 4.78 is 6.03. The molecule has 1 aromatic heterocycles. The number of carbonyl (C=O) groups is 1. The molecule has 0 bridgehead atoms. The molecule has 1 aliphatic heterocycles. The molecular weight excluding hydrogens is 432 g/mol. The van der Waals surface area contributed by atoms with Crippen molar-refractivity contribution < 1.29 is 9.53 Å². The Morgan fingerprint density at radius 3 is 2.81 bits per heavy atom. The third-order valence-electron chi connectivity index (χ3n) is 4.94. The number of carbonyl (C=O) groups excluding carboxylic acids is 1. The molecule has 2 aromatic rings. The number of nitrogens with zero attached hydrogens (tertiary/aromatic N) is 4. The Kier molecular flexibility index (Phi) is 6.18. The third-order valence-corrected chi connectivity index (χ3v) is 6.14. The zero-order chi connectivity index (χ0) is 19.4. The van der Waals surface area contributed by atoms with Gasteiger partial charge in [-0.2, -0.15) is 5.26 Å². The van der Waals surface area contributed by atoms with Crippen LogP contribution in [0.15, 0.2) is 22.9 Å². The Hall–Kier alpha value is -1.91. The van der Waals surface area contributed by atoms with E-state index in [1.165, 1.54) is 6.33 Å². The highest BCUT2D eigenvalue weighted by atomic mass is 79.9. The molecule has 1 amide bonds. The van der Waals surface area contributed by atoms with Gasteiger partial charge in [0, 0.05) is 22.9 Å². The van der Waals surface area contributed by atoms with Gasteiger partial charge >= 0.3 is 6.09 Å². The molecule has 1 aliphatic rings. The number of amides is 1. The van der Waals surface area contributed by atoms with E-state index in [0.29, 0.717) is 43.3 Å². The van der Waals surface area contributed by atoms with Gasteiger partial charge in [0.25, 0.3) is 0 Å². The number of aromatic nitrogens is 2. The summed E-state index contributed by atoms with van der Waals surface area (Å²) in [5.41, 5.74) is 0.620. The van der Waals surface area contributed by atoms with Gasteiger partial charge in [-0.25, -0.2) is 14.8 Å². The number of unbranched alkanes of at least 4 members (excludes halogenated alkanes) is 1. The van der Waals surface area contributed by atoms with Crippen LogP contribution in [0.25, 0.3) is 10.9 Å². The average molecular weight is 452 g/mol. The van der Waals surface area contributed by atoms with E-state index in [4.69, 9.17) is 16.3 Å². The number of likely N-dealkylation sites (tertiary alicyclic amines) is 1. The van der Waals surface area contributed by atoms with E-state index >= 15 is 0 Å². The van der Waals surface area contributed by atoms with Gasteiger partial charge in [0.15, 0.2) is 0 Å². The molecule has 1 fully saturated rings. The van der Waals surface area contributed by atoms with Crippen molar-refractivity contribution in [2.24, 2.45) is 0 Å². The molecule has 0 aliphatic carbocycles.